The van der Waals surface area contributed by atoms with E-state index in [9.17, 15) is 4.79 Å². The van der Waals surface area contributed by atoms with Gasteiger partial charge in [-0.25, -0.2) is 0 Å². The Morgan fingerprint density at radius 2 is 1.67 bits per heavy atom. The third kappa shape index (κ3) is 4.03. The van der Waals surface area contributed by atoms with Crippen LogP contribution in [0.4, 0.5) is 0 Å². The van der Waals surface area contributed by atoms with Crippen LogP contribution in [0.5, 0.6) is 17.2 Å². The Labute approximate surface area is 156 Å². The first-order valence-corrected chi connectivity index (χ1v) is 8.25. The van der Waals surface area contributed by atoms with Crippen molar-refractivity contribution in [2.75, 3.05) is 21.3 Å². The van der Waals surface area contributed by atoms with Gasteiger partial charge in [-0.15, -0.1) is 0 Å². The molecule has 0 saturated carbocycles. The Morgan fingerprint density at radius 3 is 2.26 bits per heavy atom. The SMILES string of the molecule is COc1cc(C(=O)NCc2cc(-c3ccccc3)on2)cc(OC)c1OC. The monoisotopic (exact) mass is 368 g/mol. The van der Waals surface area contributed by atoms with Crippen LogP contribution in [-0.2, 0) is 6.54 Å². The van der Waals surface area contributed by atoms with Gasteiger partial charge >= 0.3 is 0 Å². The van der Waals surface area contributed by atoms with Crippen LogP contribution in [0.25, 0.3) is 11.3 Å². The van der Waals surface area contributed by atoms with Crippen LogP contribution < -0.4 is 19.5 Å². The van der Waals surface area contributed by atoms with Gasteiger partial charge in [0.15, 0.2) is 17.3 Å². The zero-order chi connectivity index (χ0) is 19.2. The van der Waals surface area contributed by atoms with Gasteiger partial charge in [-0.05, 0) is 12.1 Å². The highest BCUT2D eigenvalue weighted by Crippen LogP contribution is 2.38. The van der Waals surface area contributed by atoms with Crippen molar-refractivity contribution in [1.82, 2.24) is 10.5 Å². The van der Waals surface area contributed by atoms with Gasteiger partial charge in [-0.3, -0.25) is 4.79 Å². The van der Waals surface area contributed by atoms with Crippen LogP contribution in [0.2, 0.25) is 0 Å². The van der Waals surface area contributed by atoms with Crippen LogP contribution in [0.3, 0.4) is 0 Å². The molecule has 1 heterocycles. The fraction of sp³-hybridized carbons (Fsp3) is 0.200. The molecule has 0 spiro atoms. The van der Waals surface area contributed by atoms with E-state index in [1.54, 1.807) is 18.2 Å². The number of aromatic nitrogens is 1. The number of ether oxygens (including phenoxy) is 3. The van der Waals surface area contributed by atoms with Gasteiger partial charge in [0.1, 0.15) is 5.69 Å². The minimum atomic E-state index is -0.293. The highest BCUT2D eigenvalue weighted by atomic mass is 16.5. The van der Waals surface area contributed by atoms with E-state index in [0.29, 0.717) is 34.3 Å². The summed E-state index contributed by atoms with van der Waals surface area (Å²) in [6.07, 6.45) is 0. The van der Waals surface area contributed by atoms with Gasteiger partial charge in [0.2, 0.25) is 5.75 Å². The minimum Gasteiger partial charge on any atom is -0.493 e. The van der Waals surface area contributed by atoms with Crippen molar-refractivity contribution in [3.8, 4) is 28.6 Å². The number of amides is 1. The summed E-state index contributed by atoms with van der Waals surface area (Å²) in [5, 5.41) is 6.80. The van der Waals surface area contributed by atoms with Gasteiger partial charge in [-0.2, -0.15) is 0 Å². The molecule has 0 aliphatic heterocycles. The number of carbonyl (C=O) groups is 1. The van der Waals surface area contributed by atoms with E-state index in [2.05, 4.69) is 10.5 Å². The molecule has 3 rings (SSSR count). The van der Waals surface area contributed by atoms with E-state index in [1.807, 2.05) is 30.3 Å². The number of nitrogens with zero attached hydrogens (tertiary/aromatic N) is 1. The third-order valence-electron chi connectivity index (χ3n) is 3.97. The number of carbonyl (C=O) groups excluding carboxylic acids is 1. The molecule has 0 bridgehead atoms. The Morgan fingerprint density at radius 1 is 1.00 bits per heavy atom. The first kappa shape index (κ1) is 18.3. The third-order valence-corrected chi connectivity index (χ3v) is 3.97. The van der Waals surface area contributed by atoms with Crippen molar-refractivity contribution >= 4 is 5.91 Å². The molecule has 7 nitrogen and oxygen atoms in total. The average molecular weight is 368 g/mol. The lowest BCUT2D eigenvalue weighted by molar-refractivity contribution is 0.0949. The molecular weight excluding hydrogens is 348 g/mol. The number of nitrogens with one attached hydrogen (secondary N) is 1. The summed E-state index contributed by atoms with van der Waals surface area (Å²) in [6, 6.07) is 14.6. The Balaban J connectivity index is 1.72. The predicted molar refractivity (Wildman–Crippen MR) is 99.2 cm³/mol. The Bertz CT molecular complexity index is 896. The van der Waals surface area contributed by atoms with E-state index >= 15 is 0 Å². The maximum Gasteiger partial charge on any atom is 0.251 e. The standard InChI is InChI=1S/C20H20N2O5/c1-24-17-9-14(10-18(25-2)19(17)26-3)20(23)21-12-15-11-16(27-22-15)13-7-5-4-6-8-13/h4-11H,12H2,1-3H3,(H,21,23). The zero-order valence-electron chi connectivity index (χ0n) is 15.3. The van der Waals surface area contributed by atoms with Gasteiger partial charge in [0.05, 0.1) is 27.9 Å². The van der Waals surface area contributed by atoms with E-state index in [4.69, 9.17) is 18.7 Å². The van der Waals surface area contributed by atoms with Crippen LogP contribution in [-0.4, -0.2) is 32.4 Å². The molecule has 3 aromatic rings. The molecule has 1 amide bonds. The summed E-state index contributed by atoms with van der Waals surface area (Å²) in [4.78, 5) is 12.5. The number of benzene rings is 2. The minimum absolute atomic E-state index is 0.228. The van der Waals surface area contributed by atoms with Gasteiger partial charge in [-0.1, -0.05) is 35.5 Å². The molecule has 0 saturated heterocycles. The molecule has 0 atom stereocenters. The highest BCUT2D eigenvalue weighted by molar-refractivity contribution is 5.95. The number of methoxy groups -OCH3 is 3. The summed E-state index contributed by atoms with van der Waals surface area (Å²) in [5.74, 6) is 1.61. The first-order chi connectivity index (χ1) is 13.2. The molecule has 0 aliphatic carbocycles. The quantitative estimate of drug-likeness (QED) is 0.689. The lowest BCUT2D eigenvalue weighted by atomic mass is 10.1. The fourth-order valence-corrected chi connectivity index (χ4v) is 2.62. The molecule has 27 heavy (non-hydrogen) atoms. The smallest absolute Gasteiger partial charge is 0.251 e. The molecule has 2 aromatic carbocycles. The highest BCUT2D eigenvalue weighted by Gasteiger charge is 2.17. The molecule has 0 fully saturated rings. The first-order valence-electron chi connectivity index (χ1n) is 8.25. The van der Waals surface area contributed by atoms with E-state index in [0.717, 1.165) is 5.56 Å². The van der Waals surface area contributed by atoms with E-state index in [-0.39, 0.29) is 12.5 Å². The second-order valence-corrected chi connectivity index (χ2v) is 5.65. The van der Waals surface area contributed by atoms with Crippen molar-refractivity contribution < 1.29 is 23.5 Å². The maximum absolute atomic E-state index is 12.5. The zero-order valence-corrected chi connectivity index (χ0v) is 15.3. The van der Waals surface area contributed by atoms with Crippen LogP contribution in [0.1, 0.15) is 16.1 Å². The van der Waals surface area contributed by atoms with E-state index in [1.165, 1.54) is 21.3 Å². The topological polar surface area (TPSA) is 82.8 Å². The van der Waals surface area contributed by atoms with Gasteiger partial charge < -0.3 is 24.1 Å². The fourth-order valence-electron chi connectivity index (χ4n) is 2.62. The molecule has 1 aromatic heterocycles. The normalized spacial score (nSPS) is 10.3. The Hall–Kier alpha value is -3.48. The summed E-state index contributed by atoms with van der Waals surface area (Å²) >= 11 is 0. The maximum atomic E-state index is 12.5. The van der Waals surface area contributed by atoms with Crippen LogP contribution in [0.15, 0.2) is 53.1 Å². The van der Waals surface area contributed by atoms with Crippen molar-refractivity contribution in [1.29, 1.82) is 0 Å². The summed E-state index contributed by atoms with van der Waals surface area (Å²) in [7, 11) is 4.51. The molecule has 140 valence electrons. The van der Waals surface area contributed by atoms with E-state index < -0.39 is 0 Å². The second kappa shape index (κ2) is 8.27. The number of hydrogen-bond donors (Lipinski definition) is 1. The Kier molecular flexibility index (Phi) is 5.61. The molecular formula is C20H20N2O5. The summed E-state index contributed by atoms with van der Waals surface area (Å²) in [5.41, 5.74) is 1.93. The van der Waals surface area contributed by atoms with Gasteiger partial charge in [0.25, 0.3) is 5.91 Å². The second-order valence-electron chi connectivity index (χ2n) is 5.65. The summed E-state index contributed by atoms with van der Waals surface area (Å²) in [6.45, 7) is 0.228. The largest absolute Gasteiger partial charge is 0.493 e. The average Bonchev–Trinajstić information content (AvgIpc) is 3.20. The van der Waals surface area contributed by atoms with Gasteiger partial charge in [0, 0.05) is 17.2 Å². The van der Waals surface area contributed by atoms with Crippen molar-refractivity contribution in [3.63, 3.8) is 0 Å². The lowest BCUT2D eigenvalue weighted by Gasteiger charge is -2.13. The molecule has 0 unspecified atom stereocenters. The number of rotatable bonds is 7. The summed E-state index contributed by atoms with van der Waals surface area (Å²) < 4.78 is 21.1. The molecule has 1 N–H and O–H groups in total. The predicted octanol–water partition coefficient (Wildman–Crippen LogP) is 3.30. The van der Waals surface area contributed by atoms with Crippen LogP contribution in [0, 0.1) is 0 Å². The molecule has 7 heteroatoms. The van der Waals surface area contributed by atoms with Crippen molar-refractivity contribution in [3.05, 3.63) is 59.8 Å². The van der Waals surface area contributed by atoms with Crippen LogP contribution >= 0.6 is 0 Å². The van der Waals surface area contributed by atoms with Crippen molar-refractivity contribution in [2.24, 2.45) is 0 Å². The number of hydrogen-bond acceptors (Lipinski definition) is 6. The lowest BCUT2D eigenvalue weighted by Crippen LogP contribution is -2.23. The molecule has 0 aliphatic rings. The van der Waals surface area contributed by atoms with Crippen molar-refractivity contribution in [2.45, 2.75) is 6.54 Å². The molecule has 0 radical (unpaired) electrons.